The van der Waals surface area contributed by atoms with E-state index < -0.39 is 0 Å². The van der Waals surface area contributed by atoms with Gasteiger partial charge in [0.05, 0.1) is 0 Å². The Morgan fingerprint density at radius 1 is 0.967 bits per heavy atom. The zero-order valence-electron chi connectivity index (χ0n) is 18.7. The Labute approximate surface area is 200 Å². The Bertz CT molecular complexity index is 653. The minimum atomic E-state index is 0. The van der Waals surface area contributed by atoms with Crippen LogP contribution in [0, 0.1) is 5.41 Å². The van der Waals surface area contributed by atoms with Crippen molar-refractivity contribution in [1.82, 2.24) is 20.0 Å². The molecule has 1 aromatic carbocycles. The van der Waals surface area contributed by atoms with Crippen molar-refractivity contribution < 1.29 is 0 Å². The number of benzene rings is 1. The van der Waals surface area contributed by atoms with Crippen LogP contribution in [0.2, 0.25) is 0 Å². The number of nitrogens with zero attached hydrogens (tertiary/aromatic N) is 4. The molecule has 1 aliphatic carbocycles. The summed E-state index contributed by atoms with van der Waals surface area (Å²) < 4.78 is 0. The maximum Gasteiger partial charge on any atom is 0.193 e. The quantitative estimate of drug-likeness (QED) is 0.255. The largest absolute Gasteiger partial charge is 0.356 e. The highest BCUT2D eigenvalue weighted by Gasteiger charge is 2.43. The standard InChI is InChI=1S/C24H39N5.HI/c1-25-23(29-15-12-24(21-29)10-7-11-24)26-13-5-6-14-27-16-18-28(19-17-27)20-22-8-3-2-4-9-22;/h2-4,8-9H,5-7,10-21H2,1H3,(H,25,26);1H. The van der Waals surface area contributed by atoms with Crippen LogP contribution in [0.4, 0.5) is 0 Å². The van der Waals surface area contributed by atoms with Gasteiger partial charge in [0.15, 0.2) is 5.96 Å². The molecule has 2 saturated heterocycles. The normalized spacial score (nSPS) is 22.0. The monoisotopic (exact) mass is 525 g/mol. The molecule has 1 N–H and O–H groups in total. The second-order valence-electron chi connectivity index (χ2n) is 9.31. The van der Waals surface area contributed by atoms with E-state index in [0.717, 1.165) is 19.0 Å². The number of aliphatic imine (C=N–C) groups is 1. The zero-order valence-corrected chi connectivity index (χ0v) is 21.0. The second kappa shape index (κ2) is 11.7. The summed E-state index contributed by atoms with van der Waals surface area (Å²) in [6, 6.07) is 10.9. The Balaban J connectivity index is 0.00000256. The first-order valence-corrected chi connectivity index (χ1v) is 11.7. The molecule has 168 valence electrons. The summed E-state index contributed by atoms with van der Waals surface area (Å²) in [5.41, 5.74) is 2.07. The second-order valence-corrected chi connectivity index (χ2v) is 9.31. The maximum atomic E-state index is 4.54. The number of halogens is 1. The number of unbranched alkanes of at least 4 members (excludes halogenated alkanes) is 1. The molecule has 4 rings (SSSR count). The molecule has 0 bridgehead atoms. The topological polar surface area (TPSA) is 34.1 Å². The minimum absolute atomic E-state index is 0. The van der Waals surface area contributed by atoms with E-state index in [1.807, 2.05) is 7.05 Å². The van der Waals surface area contributed by atoms with E-state index in [1.54, 1.807) is 0 Å². The highest BCUT2D eigenvalue weighted by atomic mass is 127. The van der Waals surface area contributed by atoms with Crippen LogP contribution in [-0.4, -0.2) is 80.1 Å². The van der Waals surface area contributed by atoms with Crippen molar-refractivity contribution >= 4 is 29.9 Å². The fourth-order valence-corrected chi connectivity index (χ4v) is 5.21. The lowest BCUT2D eigenvalue weighted by Gasteiger charge is -2.38. The molecular weight excluding hydrogens is 485 g/mol. The molecular formula is C24H40IN5. The molecule has 2 aliphatic heterocycles. The van der Waals surface area contributed by atoms with Gasteiger partial charge in [-0.3, -0.25) is 9.89 Å². The summed E-state index contributed by atoms with van der Waals surface area (Å²) in [7, 11) is 1.93. The third kappa shape index (κ3) is 6.33. The number of likely N-dealkylation sites (tertiary alicyclic amines) is 1. The molecule has 0 atom stereocenters. The van der Waals surface area contributed by atoms with Gasteiger partial charge in [0, 0.05) is 59.4 Å². The van der Waals surface area contributed by atoms with Crippen molar-refractivity contribution in [2.75, 3.05) is 59.4 Å². The predicted molar refractivity (Wildman–Crippen MR) is 137 cm³/mol. The Kier molecular flexibility index (Phi) is 9.26. The lowest BCUT2D eigenvalue weighted by Crippen LogP contribution is -2.46. The van der Waals surface area contributed by atoms with Gasteiger partial charge in [-0.15, -0.1) is 24.0 Å². The van der Waals surface area contributed by atoms with Gasteiger partial charge in [0.1, 0.15) is 0 Å². The number of piperazine rings is 1. The fourth-order valence-electron chi connectivity index (χ4n) is 5.21. The first-order chi connectivity index (χ1) is 14.3. The molecule has 3 fully saturated rings. The van der Waals surface area contributed by atoms with Crippen molar-refractivity contribution in [1.29, 1.82) is 0 Å². The van der Waals surface area contributed by atoms with Gasteiger partial charge in [-0.05, 0) is 49.6 Å². The van der Waals surface area contributed by atoms with Crippen LogP contribution >= 0.6 is 24.0 Å². The molecule has 6 heteroatoms. The number of guanidine groups is 1. The third-order valence-corrected chi connectivity index (χ3v) is 7.26. The summed E-state index contributed by atoms with van der Waals surface area (Å²) in [6.07, 6.45) is 8.15. The van der Waals surface area contributed by atoms with Gasteiger partial charge in [-0.1, -0.05) is 36.8 Å². The van der Waals surface area contributed by atoms with E-state index >= 15 is 0 Å². The highest BCUT2D eigenvalue weighted by Crippen LogP contribution is 2.47. The first-order valence-electron chi connectivity index (χ1n) is 11.7. The summed E-state index contributed by atoms with van der Waals surface area (Å²) in [6.45, 7) is 10.6. The minimum Gasteiger partial charge on any atom is -0.356 e. The first kappa shape index (κ1) is 23.8. The molecule has 0 radical (unpaired) electrons. The van der Waals surface area contributed by atoms with Crippen LogP contribution < -0.4 is 5.32 Å². The molecule has 1 aromatic rings. The summed E-state index contributed by atoms with van der Waals surface area (Å²) in [5, 5.41) is 3.62. The van der Waals surface area contributed by atoms with Crippen molar-refractivity contribution in [3.05, 3.63) is 35.9 Å². The molecule has 0 aromatic heterocycles. The Morgan fingerprint density at radius 3 is 2.33 bits per heavy atom. The van der Waals surface area contributed by atoms with Crippen LogP contribution in [0.3, 0.4) is 0 Å². The van der Waals surface area contributed by atoms with Crippen LogP contribution in [-0.2, 0) is 6.54 Å². The number of hydrogen-bond donors (Lipinski definition) is 1. The lowest BCUT2D eigenvalue weighted by molar-refractivity contribution is 0.126. The molecule has 3 aliphatic rings. The fraction of sp³-hybridized carbons (Fsp3) is 0.708. The molecule has 1 spiro atoms. The number of nitrogens with one attached hydrogen (secondary N) is 1. The predicted octanol–water partition coefficient (Wildman–Crippen LogP) is 3.65. The van der Waals surface area contributed by atoms with Gasteiger partial charge in [0.2, 0.25) is 0 Å². The smallest absolute Gasteiger partial charge is 0.193 e. The Hall–Kier alpha value is -0.860. The molecule has 5 nitrogen and oxygen atoms in total. The van der Waals surface area contributed by atoms with E-state index in [2.05, 4.69) is 55.3 Å². The van der Waals surface area contributed by atoms with E-state index in [4.69, 9.17) is 0 Å². The molecule has 0 amide bonds. The van der Waals surface area contributed by atoms with E-state index in [9.17, 15) is 0 Å². The molecule has 0 unspecified atom stereocenters. The molecule has 1 saturated carbocycles. The zero-order chi connectivity index (χ0) is 19.9. The summed E-state index contributed by atoms with van der Waals surface area (Å²) in [4.78, 5) is 12.3. The van der Waals surface area contributed by atoms with Crippen LogP contribution in [0.1, 0.15) is 44.1 Å². The van der Waals surface area contributed by atoms with E-state index in [-0.39, 0.29) is 24.0 Å². The maximum absolute atomic E-state index is 4.54. The van der Waals surface area contributed by atoms with Gasteiger partial charge >= 0.3 is 0 Å². The average molecular weight is 526 g/mol. The van der Waals surface area contributed by atoms with E-state index in [1.165, 1.54) is 89.9 Å². The average Bonchev–Trinajstić information content (AvgIpc) is 3.19. The third-order valence-electron chi connectivity index (χ3n) is 7.26. The van der Waals surface area contributed by atoms with Crippen molar-refractivity contribution in [3.8, 4) is 0 Å². The van der Waals surface area contributed by atoms with Crippen LogP contribution in [0.15, 0.2) is 35.3 Å². The van der Waals surface area contributed by atoms with Gasteiger partial charge in [0.25, 0.3) is 0 Å². The summed E-state index contributed by atoms with van der Waals surface area (Å²) >= 11 is 0. The lowest BCUT2D eigenvalue weighted by atomic mass is 9.68. The van der Waals surface area contributed by atoms with Gasteiger partial charge in [-0.2, -0.15) is 0 Å². The van der Waals surface area contributed by atoms with Crippen molar-refractivity contribution in [2.24, 2.45) is 10.4 Å². The Morgan fingerprint density at radius 2 is 1.70 bits per heavy atom. The van der Waals surface area contributed by atoms with Crippen LogP contribution in [0.25, 0.3) is 0 Å². The van der Waals surface area contributed by atoms with Crippen molar-refractivity contribution in [3.63, 3.8) is 0 Å². The summed E-state index contributed by atoms with van der Waals surface area (Å²) in [5.74, 6) is 1.13. The van der Waals surface area contributed by atoms with Crippen molar-refractivity contribution in [2.45, 2.75) is 45.1 Å². The van der Waals surface area contributed by atoms with Gasteiger partial charge < -0.3 is 15.1 Å². The number of hydrogen-bond acceptors (Lipinski definition) is 3. The van der Waals surface area contributed by atoms with Gasteiger partial charge in [-0.25, -0.2) is 0 Å². The SMILES string of the molecule is CN=C(NCCCCN1CCN(Cc2ccccc2)CC1)N1CCC2(CCC2)C1.I. The molecule has 2 heterocycles. The highest BCUT2D eigenvalue weighted by molar-refractivity contribution is 14.0. The number of rotatable bonds is 7. The molecule has 30 heavy (non-hydrogen) atoms. The van der Waals surface area contributed by atoms with E-state index in [0.29, 0.717) is 5.41 Å². The van der Waals surface area contributed by atoms with Crippen LogP contribution in [0.5, 0.6) is 0 Å².